The Labute approximate surface area is 158 Å². The smallest absolute Gasteiger partial charge is 0.226 e. The minimum atomic E-state index is -0.907. The van der Waals surface area contributed by atoms with Crippen LogP contribution in [0.4, 0.5) is 13.2 Å². The van der Waals surface area contributed by atoms with Crippen LogP contribution in [-0.2, 0) is 11.2 Å². The van der Waals surface area contributed by atoms with E-state index in [1.54, 1.807) is 4.90 Å². The summed E-state index contributed by atoms with van der Waals surface area (Å²) in [6.07, 6.45) is 0.225. The summed E-state index contributed by atoms with van der Waals surface area (Å²) in [6, 6.07) is 9.31. The van der Waals surface area contributed by atoms with Gasteiger partial charge in [-0.1, -0.05) is 6.07 Å². The van der Waals surface area contributed by atoms with E-state index in [4.69, 9.17) is 0 Å². The van der Waals surface area contributed by atoms with Crippen molar-refractivity contribution in [1.82, 2.24) is 9.88 Å². The van der Waals surface area contributed by atoms with Gasteiger partial charge in [-0.25, -0.2) is 18.2 Å². The van der Waals surface area contributed by atoms with Crippen molar-refractivity contribution in [2.75, 3.05) is 13.1 Å². The highest BCUT2D eigenvalue weighted by Gasteiger charge is 2.22. The Morgan fingerprint density at radius 2 is 1.89 bits per heavy atom. The molecule has 7 heteroatoms. The van der Waals surface area contributed by atoms with Crippen LogP contribution in [0.25, 0.3) is 20.8 Å². The third-order valence-corrected chi connectivity index (χ3v) is 5.84. The van der Waals surface area contributed by atoms with E-state index in [1.807, 2.05) is 18.2 Å². The molecular weight excluding hydrogens is 373 g/mol. The lowest BCUT2D eigenvalue weighted by Gasteiger charge is -2.28. The maximum atomic E-state index is 13.5. The summed E-state index contributed by atoms with van der Waals surface area (Å²) in [6.45, 7) is 0.915. The number of benzene rings is 2. The van der Waals surface area contributed by atoms with Gasteiger partial charge in [0.15, 0.2) is 11.6 Å². The molecule has 4 rings (SSSR count). The minimum absolute atomic E-state index is 0.0164. The SMILES string of the molecule is O=C(Cc1ccc2sc(-c3ccc(F)c(F)c3)nc2c1)N1CCC(F)CC1. The molecule has 1 aliphatic rings. The molecule has 0 radical (unpaired) electrons. The molecule has 0 unspecified atom stereocenters. The van der Waals surface area contributed by atoms with Gasteiger partial charge in [-0.05, 0) is 48.7 Å². The number of likely N-dealkylation sites (tertiary alicyclic amines) is 1. The van der Waals surface area contributed by atoms with Crippen LogP contribution in [0.5, 0.6) is 0 Å². The Bertz CT molecular complexity index is 996. The van der Waals surface area contributed by atoms with Crippen LogP contribution < -0.4 is 0 Å². The predicted octanol–water partition coefficient (Wildman–Crippen LogP) is 4.74. The third kappa shape index (κ3) is 3.83. The summed E-state index contributed by atoms with van der Waals surface area (Å²) < 4.78 is 40.7. The van der Waals surface area contributed by atoms with E-state index >= 15 is 0 Å². The van der Waals surface area contributed by atoms with Gasteiger partial charge in [-0.15, -0.1) is 11.3 Å². The lowest BCUT2D eigenvalue weighted by atomic mass is 10.1. The minimum Gasteiger partial charge on any atom is -0.342 e. The van der Waals surface area contributed by atoms with Gasteiger partial charge in [0.25, 0.3) is 0 Å². The molecule has 1 amide bonds. The number of rotatable bonds is 3. The molecule has 0 saturated carbocycles. The summed E-state index contributed by atoms with van der Waals surface area (Å²) in [5.74, 6) is -1.81. The van der Waals surface area contributed by atoms with Crippen molar-refractivity contribution < 1.29 is 18.0 Å². The molecule has 27 heavy (non-hydrogen) atoms. The Morgan fingerprint density at radius 3 is 2.63 bits per heavy atom. The fraction of sp³-hybridized carbons (Fsp3) is 0.300. The molecule has 1 aromatic heterocycles. The fourth-order valence-corrected chi connectivity index (χ4v) is 4.16. The molecule has 0 aliphatic carbocycles. The van der Waals surface area contributed by atoms with Crippen molar-refractivity contribution >= 4 is 27.5 Å². The van der Waals surface area contributed by atoms with Crippen LogP contribution >= 0.6 is 11.3 Å². The predicted molar refractivity (Wildman–Crippen MR) is 99.4 cm³/mol. The Balaban J connectivity index is 1.54. The lowest BCUT2D eigenvalue weighted by molar-refractivity contribution is -0.131. The van der Waals surface area contributed by atoms with E-state index in [0.717, 1.165) is 22.4 Å². The van der Waals surface area contributed by atoms with E-state index in [0.29, 0.717) is 42.0 Å². The molecule has 3 nitrogen and oxygen atoms in total. The van der Waals surface area contributed by atoms with Gasteiger partial charge in [0.1, 0.15) is 11.2 Å². The van der Waals surface area contributed by atoms with E-state index in [1.165, 1.54) is 17.4 Å². The summed E-state index contributed by atoms with van der Waals surface area (Å²) >= 11 is 1.38. The number of carbonyl (C=O) groups excluding carboxylic acids is 1. The highest BCUT2D eigenvalue weighted by Crippen LogP contribution is 2.31. The van der Waals surface area contributed by atoms with Gasteiger partial charge in [0, 0.05) is 18.7 Å². The quantitative estimate of drug-likeness (QED) is 0.647. The van der Waals surface area contributed by atoms with Gasteiger partial charge in [-0.3, -0.25) is 4.79 Å². The standard InChI is InChI=1S/C20H17F3N2OS/c21-14-5-7-25(8-6-14)19(26)10-12-1-4-18-17(9-12)24-20(27-18)13-2-3-15(22)16(23)11-13/h1-4,9,11,14H,5-8,10H2. The number of halogens is 3. The highest BCUT2D eigenvalue weighted by atomic mass is 32.1. The average Bonchev–Trinajstić information content (AvgIpc) is 3.08. The second kappa shape index (κ2) is 7.31. The number of fused-ring (bicyclic) bond motifs is 1. The zero-order chi connectivity index (χ0) is 19.0. The van der Waals surface area contributed by atoms with Crippen LogP contribution in [0.3, 0.4) is 0 Å². The molecule has 0 atom stereocenters. The number of aromatic nitrogens is 1. The zero-order valence-corrected chi connectivity index (χ0v) is 15.2. The van der Waals surface area contributed by atoms with E-state index in [9.17, 15) is 18.0 Å². The fourth-order valence-electron chi connectivity index (χ4n) is 3.22. The number of thiazole rings is 1. The number of alkyl halides is 1. The summed E-state index contributed by atoms with van der Waals surface area (Å²) in [5, 5.41) is 0.595. The van der Waals surface area contributed by atoms with Gasteiger partial charge in [-0.2, -0.15) is 0 Å². The van der Waals surface area contributed by atoms with Crippen molar-refractivity contribution in [2.45, 2.75) is 25.4 Å². The summed E-state index contributed by atoms with van der Waals surface area (Å²) in [4.78, 5) is 18.6. The number of piperidine rings is 1. The molecule has 0 bridgehead atoms. The van der Waals surface area contributed by atoms with Gasteiger partial charge in [0.05, 0.1) is 16.6 Å². The van der Waals surface area contributed by atoms with E-state index in [-0.39, 0.29) is 12.3 Å². The first-order valence-electron chi connectivity index (χ1n) is 8.76. The first-order chi connectivity index (χ1) is 13.0. The van der Waals surface area contributed by atoms with Crippen LogP contribution in [0, 0.1) is 11.6 Å². The van der Waals surface area contributed by atoms with Crippen LogP contribution in [0.15, 0.2) is 36.4 Å². The van der Waals surface area contributed by atoms with Crippen molar-refractivity contribution in [2.24, 2.45) is 0 Å². The maximum Gasteiger partial charge on any atom is 0.226 e. The largest absolute Gasteiger partial charge is 0.342 e. The molecule has 0 spiro atoms. The Kier molecular flexibility index (Phi) is 4.86. The van der Waals surface area contributed by atoms with E-state index in [2.05, 4.69) is 4.98 Å². The zero-order valence-electron chi connectivity index (χ0n) is 14.4. The first-order valence-corrected chi connectivity index (χ1v) is 9.58. The third-order valence-electron chi connectivity index (χ3n) is 4.75. The van der Waals surface area contributed by atoms with Crippen molar-refractivity contribution in [3.63, 3.8) is 0 Å². The second-order valence-electron chi connectivity index (χ2n) is 6.68. The number of carbonyl (C=O) groups is 1. The van der Waals surface area contributed by atoms with Gasteiger partial charge in [0.2, 0.25) is 5.91 Å². The Morgan fingerprint density at radius 1 is 1.11 bits per heavy atom. The molecule has 0 N–H and O–H groups in total. The monoisotopic (exact) mass is 390 g/mol. The Hall–Kier alpha value is -2.41. The normalized spacial score (nSPS) is 15.4. The lowest BCUT2D eigenvalue weighted by Crippen LogP contribution is -2.39. The molecular formula is C20H17F3N2OS. The molecule has 140 valence electrons. The number of hydrogen-bond acceptors (Lipinski definition) is 3. The van der Waals surface area contributed by atoms with Crippen molar-refractivity contribution in [3.05, 3.63) is 53.6 Å². The van der Waals surface area contributed by atoms with Gasteiger partial charge >= 0.3 is 0 Å². The van der Waals surface area contributed by atoms with Crippen LogP contribution in [0.2, 0.25) is 0 Å². The van der Waals surface area contributed by atoms with E-state index < -0.39 is 17.8 Å². The summed E-state index contributed by atoms with van der Waals surface area (Å²) in [5.41, 5.74) is 2.06. The number of hydrogen-bond donors (Lipinski definition) is 0. The van der Waals surface area contributed by atoms with Crippen LogP contribution in [-0.4, -0.2) is 35.1 Å². The first kappa shape index (κ1) is 18.0. The molecule has 2 aromatic carbocycles. The number of nitrogens with zero attached hydrogens (tertiary/aromatic N) is 2. The molecule has 1 aliphatic heterocycles. The van der Waals surface area contributed by atoms with Crippen molar-refractivity contribution in [3.8, 4) is 10.6 Å². The highest BCUT2D eigenvalue weighted by molar-refractivity contribution is 7.21. The number of amides is 1. The molecule has 2 heterocycles. The van der Waals surface area contributed by atoms with Crippen LogP contribution in [0.1, 0.15) is 18.4 Å². The second-order valence-corrected chi connectivity index (χ2v) is 7.71. The topological polar surface area (TPSA) is 33.2 Å². The summed E-state index contributed by atoms with van der Waals surface area (Å²) in [7, 11) is 0. The van der Waals surface area contributed by atoms with Gasteiger partial charge < -0.3 is 4.90 Å². The van der Waals surface area contributed by atoms with Crippen molar-refractivity contribution in [1.29, 1.82) is 0 Å². The average molecular weight is 390 g/mol. The molecule has 3 aromatic rings. The molecule has 1 saturated heterocycles. The molecule has 1 fully saturated rings. The maximum absolute atomic E-state index is 13.5.